The van der Waals surface area contributed by atoms with Crippen LogP contribution < -0.4 is 0 Å². The summed E-state index contributed by atoms with van der Waals surface area (Å²) in [6.45, 7) is 6.80. The fraction of sp³-hybridized carbons (Fsp3) is 0.833. The van der Waals surface area contributed by atoms with E-state index in [1.807, 2.05) is 20.8 Å². The maximum Gasteiger partial charge on any atom is 0.305 e. The number of esters is 2. The maximum absolute atomic E-state index is 11.2. The summed E-state index contributed by atoms with van der Waals surface area (Å²) in [4.78, 5) is 22.2. The first-order valence-electron chi connectivity index (χ1n) is 5.87. The van der Waals surface area contributed by atoms with Crippen LogP contribution in [0.1, 0.15) is 46.5 Å². The zero-order valence-electron chi connectivity index (χ0n) is 10.5. The second-order valence-corrected chi connectivity index (χ2v) is 4.15. The van der Waals surface area contributed by atoms with Gasteiger partial charge in [-0.25, -0.2) is 0 Å². The monoisotopic (exact) mass is 230 g/mol. The summed E-state index contributed by atoms with van der Waals surface area (Å²) in [5.41, 5.74) is 0. The number of carbonyl (C=O) groups is 2. The van der Waals surface area contributed by atoms with Crippen molar-refractivity contribution in [1.29, 1.82) is 0 Å². The van der Waals surface area contributed by atoms with E-state index in [9.17, 15) is 9.59 Å². The first-order valence-corrected chi connectivity index (χ1v) is 5.87. The van der Waals surface area contributed by atoms with Gasteiger partial charge in [-0.3, -0.25) is 9.59 Å². The van der Waals surface area contributed by atoms with E-state index in [0.717, 1.165) is 6.42 Å². The molecule has 0 radical (unpaired) electrons. The summed E-state index contributed by atoms with van der Waals surface area (Å²) in [5, 5.41) is 0. The maximum atomic E-state index is 11.2. The molecule has 0 fully saturated rings. The largest absolute Gasteiger partial charge is 0.466 e. The summed E-state index contributed by atoms with van der Waals surface area (Å²) < 4.78 is 9.86. The van der Waals surface area contributed by atoms with Crippen LogP contribution in [0, 0.1) is 5.92 Å². The van der Waals surface area contributed by atoms with Gasteiger partial charge in [-0.15, -0.1) is 0 Å². The lowest BCUT2D eigenvalue weighted by molar-refractivity contribution is -0.146. The third-order valence-corrected chi connectivity index (χ3v) is 1.81. The molecule has 16 heavy (non-hydrogen) atoms. The van der Waals surface area contributed by atoms with Gasteiger partial charge in [-0.05, 0) is 18.8 Å². The lowest BCUT2D eigenvalue weighted by atomic mass is 10.2. The van der Waals surface area contributed by atoms with Gasteiger partial charge in [0.2, 0.25) is 0 Å². The highest BCUT2D eigenvalue weighted by atomic mass is 16.5. The molecule has 0 atom stereocenters. The zero-order valence-corrected chi connectivity index (χ0v) is 10.5. The molecule has 0 N–H and O–H groups in total. The summed E-state index contributed by atoms with van der Waals surface area (Å²) in [5.74, 6) is -0.131. The van der Waals surface area contributed by atoms with Crippen molar-refractivity contribution in [3.63, 3.8) is 0 Å². The van der Waals surface area contributed by atoms with Crippen molar-refractivity contribution in [1.82, 2.24) is 0 Å². The smallest absolute Gasteiger partial charge is 0.305 e. The van der Waals surface area contributed by atoms with Crippen molar-refractivity contribution in [3.8, 4) is 0 Å². The Kier molecular flexibility index (Phi) is 8.58. The number of ether oxygens (including phenoxy) is 2. The molecule has 0 aromatic rings. The Labute approximate surface area is 97.3 Å². The van der Waals surface area contributed by atoms with E-state index in [2.05, 4.69) is 0 Å². The molecular formula is C12H22O4. The van der Waals surface area contributed by atoms with E-state index in [1.165, 1.54) is 0 Å². The molecule has 0 aliphatic heterocycles. The van der Waals surface area contributed by atoms with Crippen LogP contribution in [0.25, 0.3) is 0 Å². The van der Waals surface area contributed by atoms with Crippen molar-refractivity contribution >= 4 is 11.9 Å². The van der Waals surface area contributed by atoms with Crippen molar-refractivity contribution in [2.75, 3.05) is 13.2 Å². The van der Waals surface area contributed by atoms with Crippen LogP contribution in [-0.4, -0.2) is 25.2 Å². The Morgan fingerprint density at radius 1 is 1.06 bits per heavy atom. The summed E-state index contributed by atoms with van der Waals surface area (Å²) in [6, 6.07) is 0. The van der Waals surface area contributed by atoms with E-state index in [4.69, 9.17) is 9.47 Å². The predicted molar refractivity (Wildman–Crippen MR) is 60.9 cm³/mol. The topological polar surface area (TPSA) is 52.6 Å². The van der Waals surface area contributed by atoms with Crippen LogP contribution in [0.15, 0.2) is 0 Å². The first-order chi connectivity index (χ1) is 7.56. The lowest BCUT2D eigenvalue weighted by Gasteiger charge is -2.06. The average Bonchev–Trinajstić information content (AvgIpc) is 2.23. The molecule has 4 heteroatoms. The van der Waals surface area contributed by atoms with Gasteiger partial charge in [0.1, 0.15) is 0 Å². The Hall–Kier alpha value is -1.06. The molecule has 0 aliphatic rings. The third kappa shape index (κ3) is 9.49. The van der Waals surface area contributed by atoms with E-state index in [0.29, 0.717) is 25.6 Å². The van der Waals surface area contributed by atoms with Crippen LogP contribution in [0.3, 0.4) is 0 Å². The van der Waals surface area contributed by atoms with E-state index < -0.39 is 0 Å². The molecule has 0 heterocycles. The second kappa shape index (κ2) is 9.19. The normalized spacial score (nSPS) is 10.2. The number of rotatable bonds is 8. The molecule has 0 bridgehead atoms. The second-order valence-electron chi connectivity index (χ2n) is 4.15. The Morgan fingerprint density at radius 3 is 2.12 bits per heavy atom. The van der Waals surface area contributed by atoms with Gasteiger partial charge in [-0.2, -0.15) is 0 Å². The molecule has 0 unspecified atom stereocenters. The van der Waals surface area contributed by atoms with Crippen molar-refractivity contribution in [2.24, 2.45) is 5.92 Å². The third-order valence-electron chi connectivity index (χ3n) is 1.81. The van der Waals surface area contributed by atoms with Gasteiger partial charge in [-0.1, -0.05) is 20.8 Å². The highest BCUT2D eigenvalue weighted by Gasteiger charge is 2.07. The van der Waals surface area contributed by atoms with Gasteiger partial charge < -0.3 is 9.47 Å². The van der Waals surface area contributed by atoms with Gasteiger partial charge in [0, 0.05) is 12.8 Å². The molecule has 0 saturated heterocycles. The molecule has 0 spiro atoms. The minimum absolute atomic E-state index is 0.237. The molecule has 0 aromatic heterocycles. The molecule has 0 rings (SSSR count). The van der Waals surface area contributed by atoms with Crippen LogP contribution in [-0.2, 0) is 19.1 Å². The number of hydrogen-bond acceptors (Lipinski definition) is 4. The van der Waals surface area contributed by atoms with Crippen LogP contribution in [0.5, 0.6) is 0 Å². The summed E-state index contributed by atoms with van der Waals surface area (Å²) in [7, 11) is 0. The standard InChI is InChI=1S/C12H22O4/c1-4-8-15-11(13)6-5-7-12(14)16-9-10(2)3/h10H,4-9H2,1-3H3. The minimum Gasteiger partial charge on any atom is -0.466 e. The zero-order chi connectivity index (χ0) is 12.4. The molecule has 0 saturated carbocycles. The van der Waals surface area contributed by atoms with Crippen LogP contribution in [0.4, 0.5) is 0 Å². The fourth-order valence-electron chi connectivity index (χ4n) is 0.997. The Bertz CT molecular complexity index is 211. The molecule has 4 nitrogen and oxygen atoms in total. The lowest BCUT2D eigenvalue weighted by Crippen LogP contribution is -2.11. The molecular weight excluding hydrogens is 208 g/mol. The summed E-state index contributed by atoms with van der Waals surface area (Å²) in [6.07, 6.45) is 1.90. The average molecular weight is 230 g/mol. The Morgan fingerprint density at radius 2 is 1.62 bits per heavy atom. The van der Waals surface area contributed by atoms with E-state index >= 15 is 0 Å². The van der Waals surface area contributed by atoms with Crippen molar-refractivity contribution in [3.05, 3.63) is 0 Å². The molecule has 94 valence electrons. The predicted octanol–water partition coefficient (Wildman–Crippen LogP) is 2.31. The van der Waals surface area contributed by atoms with Crippen LogP contribution >= 0.6 is 0 Å². The van der Waals surface area contributed by atoms with Gasteiger partial charge in [0.15, 0.2) is 0 Å². The quantitative estimate of drug-likeness (QED) is 0.600. The van der Waals surface area contributed by atoms with Crippen LogP contribution in [0.2, 0.25) is 0 Å². The van der Waals surface area contributed by atoms with E-state index in [1.54, 1.807) is 0 Å². The van der Waals surface area contributed by atoms with Crippen molar-refractivity contribution < 1.29 is 19.1 Å². The van der Waals surface area contributed by atoms with Crippen molar-refractivity contribution in [2.45, 2.75) is 46.5 Å². The number of hydrogen-bond donors (Lipinski definition) is 0. The first kappa shape index (κ1) is 14.9. The highest BCUT2D eigenvalue weighted by Crippen LogP contribution is 2.02. The van der Waals surface area contributed by atoms with Gasteiger partial charge in [0.25, 0.3) is 0 Å². The fourth-order valence-corrected chi connectivity index (χ4v) is 0.997. The SMILES string of the molecule is CCCOC(=O)CCCC(=O)OCC(C)C. The highest BCUT2D eigenvalue weighted by molar-refractivity contribution is 5.72. The minimum atomic E-state index is -0.239. The molecule has 0 aromatic carbocycles. The van der Waals surface area contributed by atoms with Gasteiger partial charge in [0.05, 0.1) is 13.2 Å². The van der Waals surface area contributed by atoms with E-state index in [-0.39, 0.29) is 24.8 Å². The number of carbonyl (C=O) groups excluding carboxylic acids is 2. The summed E-state index contributed by atoms with van der Waals surface area (Å²) >= 11 is 0. The van der Waals surface area contributed by atoms with Gasteiger partial charge >= 0.3 is 11.9 Å². The Balaban J connectivity index is 3.43. The molecule has 0 aliphatic carbocycles. The molecule has 0 amide bonds.